The fourth-order valence-electron chi connectivity index (χ4n) is 3.26. The summed E-state index contributed by atoms with van der Waals surface area (Å²) in [6.07, 6.45) is 7.42. The van der Waals surface area contributed by atoms with Crippen molar-refractivity contribution in [2.24, 2.45) is 5.92 Å². The van der Waals surface area contributed by atoms with Crippen molar-refractivity contribution >= 4 is 5.91 Å². The Hall–Kier alpha value is -1.75. The van der Waals surface area contributed by atoms with Gasteiger partial charge in [0.05, 0.1) is 20.8 Å². The van der Waals surface area contributed by atoms with Gasteiger partial charge in [0.15, 0.2) is 18.0 Å². The monoisotopic (exact) mass is 335 g/mol. The highest BCUT2D eigenvalue weighted by molar-refractivity contribution is 5.76. The van der Waals surface area contributed by atoms with Gasteiger partial charge < -0.3 is 20.1 Å². The lowest BCUT2D eigenvalue weighted by atomic mass is 9.89. The molecule has 0 bridgehead atoms. The van der Waals surface area contributed by atoms with Crippen molar-refractivity contribution in [1.29, 1.82) is 0 Å². The molecule has 1 saturated carbocycles. The van der Waals surface area contributed by atoms with Gasteiger partial charge in [-0.05, 0) is 36.5 Å². The molecule has 0 aliphatic heterocycles. The van der Waals surface area contributed by atoms with Gasteiger partial charge in [0.2, 0.25) is 0 Å². The standard InChI is InChI=1S/C19H30N2O3/c1-23-17-9-8-15(12-18(17)24-2)10-11-20-14-19(22)21-13-16-6-4-3-5-7-16/h8-9,12,16,20H,3-7,10-11,13-14H2,1-2H3,(H,21,22)/p+1. The second-order valence-corrected chi connectivity index (χ2v) is 6.53. The molecule has 0 radical (unpaired) electrons. The number of nitrogens with two attached hydrogens (primary N) is 1. The van der Waals surface area contributed by atoms with Gasteiger partial charge in [-0.25, -0.2) is 0 Å². The Morgan fingerprint density at radius 1 is 1.17 bits per heavy atom. The number of rotatable bonds is 9. The van der Waals surface area contributed by atoms with Crippen LogP contribution in [-0.4, -0.2) is 39.8 Å². The molecule has 24 heavy (non-hydrogen) atoms. The van der Waals surface area contributed by atoms with Crippen LogP contribution in [0.15, 0.2) is 18.2 Å². The highest BCUT2D eigenvalue weighted by Crippen LogP contribution is 2.27. The summed E-state index contributed by atoms with van der Waals surface area (Å²) in [6.45, 7) is 2.23. The van der Waals surface area contributed by atoms with Gasteiger partial charge in [0.1, 0.15) is 0 Å². The van der Waals surface area contributed by atoms with E-state index in [1.807, 2.05) is 18.2 Å². The molecule has 1 aromatic rings. The minimum atomic E-state index is 0.146. The maximum Gasteiger partial charge on any atom is 0.275 e. The predicted molar refractivity (Wildman–Crippen MR) is 94.5 cm³/mol. The average Bonchev–Trinajstić information content (AvgIpc) is 2.64. The fourth-order valence-corrected chi connectivity index (χ4v) is 3.26. The quantitative estimate of drug-likeness (QED) is 0.672. The van der Waals surface area contributed by atoms with Crippen LogP contribution in [0, 0.1) is 5.92 Å². The molecule has 0 heterocycles. The zero-order valence-corrected chi connectivity index (χ0v) is 15.0. The van der Waals surface area contributed by atoms with Gasteiger partial charge >= 0.3 is 0 Å². The van der Waals surface area contributed by atoms with Crippen LogP contribution in [0.1, 0.15) is 37.7 Å². The van der Waals surface area contributed by atoms with Gasteiger partial charge in [-0.15, -0.1) is 0 Å². The lowest BCUT2D eigenvalue weighted by Gasteiger charge is -2.21. The Kier molecular flexibility index (Phi) is 7.89. The molecule has 0 atom stereocenters. The summed E-state index contributed by atoms with van der Waals surface area (Å²) in [6, 6.07) is 5.96. The van der Waals surface area contributed by atoms with Gasteiger partial charge in [0.25, 0.3) is 5.91 Å². The van der Waals surface area contributed by atoms with Crippen LogP contribution in [-0.2, 0) is 11.2 Å². The molecule has 0 saturated heterocycles. The van der Waals surface area contributed by atoms with Crippen LogP contribution in [0.4, 0.5) is 0 Å². The number of amides is 1. The van der Waals surface area contributed by atoms with Crippen LogP contribution in [0.5, 0.6) is 11.5 Å². The van der Waals surface area contributed by atoms with Gasteiger partial charge in [-0.3, -0.25) is 4.79 Å². The van der Waals surface area contributed by atoms with E-state index in [-0.39, 0.29) is 5.91 Å². The number of nitrogens with one attached hydrogen (secondary N) is 1. The Bertz CT molecular complexity index is 513. The summed E-state index contributed by atoms with van der Waals surface area (Å²) in [5, 5.41) is 5.14. The molecule has 1 aromatic carbocycles. The van der Waals surface area contributed by atoms with Crippen molar-refractivity contribution in [3.05, 3.63) is 23.8 Å². The third-order valence-electron chi connectivity index (χ3n) is 4.73. The van der Waals surface area contributed by atoms with Crippen molar-refractivity contribution in [3.63, 3.8) is 0 Å². The number of carbonyl (C=O) groups is 1. The molecular formula is C19H31N2O3+. The number of methoxy groups -OCH3 is 2. The van der Waals surface area contributed by atoms with Crippen molar-refractivity contribution in [2.45, 2.75) is 38.5 Å². The summed E-state index contributed by atoms with van der Waals surface area (Å²) in [5.41, 5.74) is 1.19. The fraction of sp³-hybridized carbons (Fsp3) is 0.632. The summed E-state index contributed by atoms with van der Waals surface area (Å²) < 4.78 is 10.6. The molecule has 1 fully saturated rings. The first-order valence-electron chi connectivity index (χ1n) is 9.02. The van der Waals surface area contributed by atoms with E-state index >= 15 is 0 Å². The molecule has 5 nitrogen and oxygen atoms in total. The molecular weight excluding hydrogens is 304 g/mol. The van der Waals surface area contributed by atoms with E-state index in [2.05, 4.69) is 10.6 Å². The van der Waals surface area contributed by atoms with Gasteiger partial charge in [-0.1, -0.05) is 25.3 Å². The molecule has 3 N–H and O–H groups in total. The van der Waals surface area contributed by atoms with Crippen molar-refractivity contribution in [1.82, 2.24) is 5.32 Å². The van der Waals surface area contributed by atoms with E-state index in [1.54, 1.807) is 14.2 Å². The first kappa shape index (κ1) is 18.6. The van der Waals surface area contributed by atoms with Crippen LogP contribution in [0.3, 0.4) is 0 Å². The number of benzene rings is 1. The highest BCUT2D eigenvalue weighted by atomic mass is 16.5. The van der Waals surface area contributed by atoms with E-state index in [0.29, 0.717) is 12.5 Å². The first-order valence-corrected chi connectivity index (χ1v) is 9.02. The van der Waals surface area contributed by atoms with Crippen molar-refractivity contribution < 1.29 is 19.6 Å². The summed E-state index contributed by atoms with van der Waals surface area (Å²) >= 11 is 0. The zero-order valence-electron chi connectivity index (χ0n) is 15.0. The largest absolute Gasteiger partial charge is 0.493 e. The highest BCUT2D eigenvalue weighted by Gasteiger charge is 2.14. The normalized spacial score (nSPS) is 15.1. The molecule has 1 aliphatic rings. The van der Waals surface area contributed by atoms with Crippen molar-refractivity contribution in [2.75, 3.05) is 33.9 Å². The number of ether oxygens (including phenoxy) is 2. The first-order chi connectivity index (χ1) is 11.7. The summed E-state index contributed by atoms with van der Waals surface area (Å²) in [4.78, 5) is 11.9. The van der Waals surface area contributed by atoms with E-state index in [4.69, 9.17) is 9.47 Å². The van der Waals surface area contributed by atoms with E-state index in [1.165, 1.54) is 37.7 Å². The summed E-state index contributed by atoms with van der Waals surface area (Å²) in [7, 11) is 3.28. The van der Waals surface area contributed by atoms with Crippen molar-refractivity contribution in [3.8, 4) is 11.5 Å². The van der Waals surface area contributed by atoms with E-state index < -0.39 is 0 Å². The smallest absolute Gasteiger partial charge is 0.275 e. The van der Waals surface area contributed by atoms with Crippen LogP contribution in [0.25, 0.3) is 0 Å². The second-order valence-electron chi connectivity index (χ2n) is 6.53. The van der Waals surface area contributed by atoms with Crippen LogP contribution in [0.2, 0.25) is 0 Å². The van der Waals surface area contributed by atoms with E-state index in [0.717, 1.165) is 31.0 Å². The second kappa shape index (κ2) is 10.2. The maximum atomic E-state index is 11.9. The lowest BCUT2D eigenvalue weighted by molar-refractivity contribution is -0.643. The molecule has 0 spiro atoms. The third-order valence-corrected chi connectivity index (χ3v) is 4.73. The molecule has 0 unspecified atom stereocenters. The molecule has 0 aromatic heterocycles. The third kappa shape index (κ3) is 6.04. The molecule has 1 aliphatic carbocycles. The average molecular weight is 335 g/mol. The molecule has 134 valence electrons. The Labute approximate surface area is 145 Å². The van der Waals surface area contributed by atoms with E-state index in [9.17, 15) is 4.79 Å². The van der Waals surface area contributed by atoms with Crippen LogP contribution < -0.4 is 20.1 Å². The Balaban J connectivity index is 1.62. The number of carbonyl (C=O) groups excluding carboxylic acids is 1. The predicted octanol–water partition coefficient (Wildman–Crippen LogP) is 1.51. The van der Waals surface area contributed by atoms with Crippen LogP contribution >= 0.6 is 0 Å². The summed E-state index contributed by atoms with van der Waals surface area (Å²) in [5.74, 6) is 2.33. The minimum Gasteiger partial charge on any atom is -0.493 e. The zero-order chi connectivity index (χ0) is 17.2. The topological polar surface area (TPSA) is 64.2 Å². The number of hydrogen-bond donors (Lipinski definition) is 2. The molecule has 5 heteroatoms. The lowest BCUT2D eigenvalue weighted by Crippen LogP contribution is -2.87. The number of quaternary nitrogens is 1. The molecule has 2 rings (SSSR count). The van der Waals surface area contributed by atoms with Gasteiger partial charge in [-0.2, -0.15) is 0 Å². The molecule has 1 amide bonds. The maximum absolute atomic E-state index is 11.9. The number of hydrogen-bond acceptors (Lipinski definition) is 3. The Morgan fingerprint density at radius 3 is 2.62 bits per heavy atom. The SMILES string of the molecule is COc1ccc(CC[NH2+]CC(=O)NCC2CCCCC2)cc1OC. The van der Waals surface area contributed by atoms with Gasteiger partial charge in [0, 0.05) is 13.0 Å². The minimum absolute atomic E-state index is 0.146. The Morgan fingerprint density at radius 2 is 1.92 bits per heavy atom.